The molecule has 18 heavy (non-hydrogen) atoms. The number of carboxylic acid groups (broad SMARTS) is 1. The third-order valence-corrected chi connectivity index (χ3v) is 2.05. The third-order valence-electron chi connectivity index (χ3n) is 2.05. The van der Waals surface area contributed by atoms with Crippen molar-refractivity contribution < 1.29 is 24.2 Å². The van der Waals surface area contributed by atoms with Gasteiger partial charge in [0, 0.05) is 0 Å². The SMILES string of the molecule is CCOC(=O)C(=O)C(=Cc1ccccc1)C(=O)O. The molecule has 0 atom stereocenters. The molecule has 0 bridgehead atoms. The summed E-state index contributed by atoms with van der Waals surface area (Å²) in [6.45, 7) is 1.55. The Hall–Kier alpha value is -2.43. The van der Waals surface area contributed by atoms with Crippen molar-refractivity contribution in [3.63, 3.8) is 0 Å². The Morgan fingerprint density at radius 1 is 1.22 bits per heavy atom. The van der Waals surface area contributed by atoms with Crippen LogP contribution in [0.2, 0.25) is 0 Å². The summed E-state index contributed by atoms with van der Waals surface area (Å²) >= 11 is 0. The number of ketones is 1. The van der Waals surface area contributed by atoms with E-state index in [1.807, 2.05) is 0 Å². The molecule has 0 saturated carbocycles. The van der Waals surface area contributed by atoms with Crippen molar-refractivity contribution in [3.05, 3.63) is 41.5 Å². The average Bonchev–Trinajstić information content (AvgIpc) is 2.36. The summed E-state index contributed by atoms with van der Waals surface area (Å²) in [5, 5.41) is 8.93. The molecule has 0 radical (unpaired) electrons. The number of ether oxygens (including phenoxy) is 1. The highest BCUT2D eigenvalue weighted by Gasteiger charge is 2.25. The van der Waals surface area contributed by atoms with Crippen LogP contribution in [0.1, 0.15) is 12.5 Å². The zero-order valence-corrected chi connectivity index (χ0v) is 9.75. The van der Waals surface area contributed by atoms with Crippen LogP contribution in [0.4, 0.5) is 0 Å². The highest BCUT2D eigenvalue weighted by Crippen LogP contribution is 2.08. The number of esters is 1. The van der Waals surface area contributed by atoms with Crippen molar-refractivity contribution in [1.82, 2.24) is 0 Å². The minimum absolute atomic E-state index is 0.0167. The highest BCUT2D eigenvalue weighted by molar-refractivity contribution is 6.47. The number of aliphatic carboxylic acids is 1. The Morgan fingerprint density at radius 3 is 2.33 bits per heavy atom. The predicted octanol–water partition coefficient (Wildman–Crippen LogP) is 1.29. The maximum atomic E-state index is 11.6. The molecule has 1 aromatic carbocycles. The quantitative estimate of drug-likeness (QED) is 0.279. The summed E-state index contributed by atoms with van der Waals surface area (Å²) in [4.78, 5) is 33.7. The van der Waals surface area contributed by atoms with Gasteiger partial charge in [-0.05, 0) is 18.6 Å². The number of carboxylic acids is 1. The zero-order chi connectivity index (χ0) is 13.5. The van der Waals surface area contributed by atoms with Crippen LogP contribution in [0.25, 0.3) is 6.08 Å². The van der Waals surface area contributed by atoms with Gasteiger partial charge in [-0.2, -0.15) is 0 Å². The summed E-state index contributed by atoms with van der Waals surface area (Å²) in [7, 11) is 0. The molecule has 0 aromatic heterocycles. The third kappa shape index (κ3) is 3.55. The lowest BCUT2D eigenvalue weighted by Crippen LogP contribution is -2.23. The fraction of sp³-hybridized carbons (Fsp3) is 0.154. The fourth-order valence-corrected chi connectivity index (χ4v) is 1.25. The van der Waals surface area contributed by atoms with Gasteiger partial charge >= 0.3 is 11.9 Å². The molecule has 0 saturated heterocycles. The number of rotatable bonds is 5. The molecular weight excluding hydrogens is 236 g/mol. The van der Waals surface area contributed by atoms with E-state index in [4.69, 9.17) is 5.11 Å². The molecule has 1 aromatic rings. The second-order valence-electron chi connectivity index (χ2n) is 3.32. The van der Waals surface area contributed by atoms with Crippen LogP contribution in [0.5, 0.6) is 0 Å². The van der Waals surface area contributed by atoms with Crippen molar-refractivity contribution in [2.75, 3.05) is 6.61 Å². The van der Waals surface area contributed by atoms with Gasteiger partial charge < -0.3 is 9.84 Å². The molecule has 5 nitrogen and oxygen atoms in total. The summed E-state index contributed by atoms with van der Waals surface area (Å²) in [5.41, 5.74) is -0.0906. The number of benzene rings is 1. The molecule has 0 aliphatic carbocycles. The van der Waals surface area contributed by atoms with Crippen molar-refractivity contribution >= 4 is 23.8 Å². The monoisotopic (exact) mass is 248 g/mol. The van der Waals surface area contributed by atoms with Gasteiger partial charge in [-0.3, -0.25) is 4.79 Å². The number of carbonyl (C=O) groups is 3. The van der Waals surface area contributed by atoms with Crippen LogP contribution >= 0.6 is 0 Å². The Labute approximate surface area is 104 Å². The number of carbonyl (C=O) groups excluding carboxylic acids is 2. The molecule has 1 N–H and O–H groups in total. The van der Waals surface area contributed by atoms with Crippen LogP contribution < -0.4 is 0 Å². The normalized spacial score (nSPS) is 10.8. The van der Waals surface area contributed by atoms with Gasteiger partial charge in [-0.15, -0.1) is 0 Å². The van der Waals surface area contributed by atoms with E-state index in [1.165, 1.54) is 6.92 Å². The van der Waals surface area contributed by atoms with Crippen molar-refractivity contribution in [2.45, 2.75) is 6.92 Å². The number of hydrogen-bond donors (Lipinski definition) is 1. The van der Waals surface area contributed by atoms with Crippen LogP contribution in [-0.4, -0.2) is 29.4 Å². The minimum Gasteiger partial charge on any atom is -0.478 e. The molecule has 94 valence electrons. The molecule has 1 rings (SSSR count). The molecule has 0 heterocycles. The first-order valence-corrected chi connectivity index (χ1v) is 5.27. The Bertz CT molecular complexity index is 487. The van der Waals surface area contributed by atoms with Gasteiger partial charge in [0.2, 0.25) is 0 Å². The van der Waals surface area contributed by atoms with E-state index < -0.39 is 23.3 Å². The van der Waals surface area contributed by atoms with Gasteiger partial charge in [0.05, 0.1) is 6.61 Å². The lowest BCUT2D eigenvalue weighted by atomic mass is 10.1. The lowest BCUT2D eigenvalue weighted by Gasteiger charge is -2.02. The van der Waals surface area contributed by atoms with Gasteiger partial charge in [0.1, 0.15) is 5.57 Å². The van der Waals surface area contributed by atoms with E-state index in [0.717, 1.165) is 6.08 Å². The number of hydrogen-bond acceptors (Lipinski definition) is 4. The van der Waals surface area contributed by atoms with E-state index in [0.29, 0.717) is 5.56 Å². The van der Waals surface area contributed by atoms with E-state index in [1.54, 1.807) is 30.3 Å². The molecule has 5 heteroatoms. The molecule has 0 unspecified atom stereocenters. The molecule has 0 amide bonds. The molecule has 0 aliphatic heterocycles. The maximum absolute atomic E-state index is 11.6. The van der Waals surface area contributed by atoms with E-state index in [-0.39, 0.29) is 6.61 Å². The van der Waals surface area contributed by atoms with E-state index >= 15 is 0 Å². The topological polar surface area (TPSA) is 80.7 Å². The zero-order valence-electron chi connectivity index (χ0n) is 9.75. The first kappa shape index (κ1) is 13.6. The van der Waals surface area contributed by atoms with E-state index in [9.17, 15) is 14.4 Å². The highest BCUT2D eigenvalue weighted by atomic mass is 16.5. The molecule has 0 aliphatic rings. The summed E-state index contributed by atoms with van der Waals surface area (Å²) < 4.78 is 4.48. The second-order valence-corrected chi connectivity index (χ2v) is 3.32. The van der Waals surface area contributed by atoms with Crippen molar-refractivity contribution in [1.29, 1.82) is 0 Å². The summed E-state index contributed by atoms with van der Waals surface area (Å²) in [6, 6.07) is 8.40. The largest absolute Gasteiger partial charge is 0.478 e. The molecule has 0 spiro atoms. The van der Waals surface area contributed by atoms with Gasteiger partial charge in [-0.25, -0.2) is 9.59 Å². The lowest BCUT2D eigenvalue weighted by molar-refractivity contribution is -0.153. The van der Waals surface area contributed by atoms with Crippen LogP contribution in [-0.2, 0) is 19.1 Å². The summed E-state index contributed by atoms with van der Waals surface area (Å²) in [5.74, 6) is -3.79. The minimum atomic E-state index is -1.46. The van der Waals surface area contributed by atoms with Gasteiger partial charge in [0.15, 0.2) is 0 Å². The maximum Gasteiger partial charge on any atom is 0.379 e. The second kappa shape index (κ2) is 6.34. The molecular formula is C13H12O5. The Morgan fingerprint density at radius 2 is 1.83 bits per heavy atom. The Kier molecular flexibility index (Phi) is 4.80. The smallest absolute Gasteiger partial charge is 0.379 e. The van der Waals surface area contributed by atoms with Crippen LogP contribution in [0.3, 0.4) is 0 Å². The van der Waals surface area contributed by atoms with Gasteiger partial charge in [-0.1, -0.05) is 30.3 Å². The first-order valence-electron chi connectivity index (χ1n) is 5.27. The summed E-state index contributed by atoms with van der Waals surface area (Å²) in [6.07, 6.45) is 1.14. The van der Waals surface area contributed by atoms with Gasteiger partial charge in [0.25, 0.3) is 5.78 Å². The van der Waals surface area contributed by atoms with Crippen molar-refractivity contribution in [3.8, 4) is 0 Å². The average molecular weight is 248 g/mol. The predicted molar refractivity (Wildman–Crippen MR) is 63.7 cm³/mol. The van der Waals surface area contributed by atoms with Crippen LogP contribution in [0.15, 0.2) is 35.9 Å². The molecule has 0 fully saturated rings. The van der Waals surface area contributed by atoms with E-state index in [2.05, 4.69) is 4.74 Å². The number of Topliss-reactive ketones (excluding diaryl/α,β-unsaturated/α-hetero) is 1. The Balaban J connectivity index is 3.04. The first-order chi connectivity index (χ1) is 8.56. The van der Waals surface area contributed by atoms with Crippen molar-refractivity contribution in [2.24, 2.45) is 0 Å². The van der Waals surface area contributed by atoms with Crippen LogP contribution in [0, 0.1) is 0 Å². The standard InChI is InChI=1S/C13H12O5/c1-2-18-13(17)11(14)10(12(15)16)8-9-6-4-3-5-7-9/h3-8H,2H2,1H3,(H,15,16). The fourth-order valence-electron chi connectivity index (χ4n) is 1.25.